The van der Waals surface area contributed by atoms with E-state index in [1.165, 1.54) is 5.56 Å². The molecule has 120 valence electrons. The van der Waals surface area contributed by atoms with E-state index in [-0.39, 0.29) is 17.7 Å². The van der Waals surface area contributed by atoms with Crippen molar-refractivity contribution < 1.29 is 9.90 Å². The fourth-order valence-corrected chi connectivity index (χ4v) is 3.39. The summed E-state index contributed by atoms with van der Waals surface area (Å²) in [4.78, 5) is 14.6. The number of aromatic hydroxyl groups is 1. The molecule has 2 aromatic carbocycles. The van der Waals surface area contributed by atoms with Crippen LogP contribution in [-0.4, -0.2) is 22.3 Å². The third kappa shape index (κ3) is 3.82. The first kappa shape index (κ1) is 16.2. The lowest BCUT2D eigenvalue weighted by molar-refractivity contribution is -0.128. The summed E-state index contributed by atoms with van der Waals surface area (Å²) in [5.41, 5.74) is 2.32. The molecule has 1 aliphatic heterocycles. The topological polar surface area (TPSA) is 40.5 Å². The van der Waals surface area contributed by atoms with Gasteiger partial charge in [-0.25, -0.2) is 0 Å². The molecule has 1 aliphatic rings. The Balaban J connectivity index is 1.85. The molecule has 1 N–H and O–H groups in total. The molecular formula is C19H20BrNO2. The summed E-state index contributed by atoms with van der Waals surface area (Å²) in [5, 5.41) is 9.43. The Hall–Kier alpha value is -1.65. The minimum Gasteiger partial charge on any atom is -0.508 e. The van der Waals surface area contributed by atoms with Gasteiger partial charge in [0.05, 0.1) is 0 Å². The smallest absolute Gasteiger partial charge is 0.138 e. The number of carbonyl (C=O) groups excluding carboxylic acids is 1. The van der Waals surface area contributed by atoms with Gasteiger partial charge in [-0.2, -0.15) is 0 Å². The lowest BCUT2D eigenvalue weighted by Crippen LogP contribution is -2.41. The Bertz CT molecular complexity index is 682. The zero-order valence-electron chi connectivity index (χ0n) is 13.1. The molecule has 0 unspecified atom stereocenters. The maximum atomic E-state index is 12.2. The fraction of sp³-hybridized carbons (Fsp3) is 0.316. The van der Waals surface area contributed by atoms with Gasteiger partial charge in [0.15, 0.2) is 0 Å². The predicted molar refractivity (Wildman–Crippen MR) is 94.2 cm³/mol. The van der Waals surface area contributed by atoms with E-state index in [2.05, 4.69) is 33.0 Å². The number of rotatable bonds is 3. The highest BCUT2D eigenvalue weighted by Crippen LogP contribution is 2.33. The minimum atomic E-state index is 0.0683. The van der Waals surface area contributed by atoms with Crippen molar-refractivity contribution in [1.82, 2.24) is 4.90 Å². The number of nitrogens with zero attached hydrogens (tertiary/aromatic N) is 1. The summed E-state index contributed by atoms with van der Waals surface area (Å²) < 4.78 is 1.04. The first-order chi connectivity index (χ1) is 11.0. The summed E-state index contributed by atoms with van der Waals surface area (Å²) >= 11 is 3.46. The Morgan fingerprint density at radius 2 is 1.78 bits per heavy atom. The summed E-state index contributed by atoms with van der Waals surface area (Å²) in [6.45, 7) is 3.54. The molecule has 0 amide bonds. The first-order valence-corrected chi connectivity index (χ1v) is 8.62. The van der Waals surface area contributed by atoms with E-state index in [0.29, 0.717) is 12.2 Å². The molecule has 3 rings (SSSR count). The van der Waals surface area contributed by atoms with E-state index < -0.39 is 0 Å². The molecule has 0 aliphatic carbocycles. The van der Waals surface area contributed by atoms with Gasteiger partial charge >= 0.3 is 0 Å². The second kappa shape index (κ2) is 6.85. The zero-order chi connectivity index (χ0) is 16.4. The Labute approximate surface area is 145 Å². The van der Waals surface area contributed by atoms with E-state index >= 15 is 0 Å². The summed E-state index contributed by atoms with van der Waals surface area (Å²) in [6.07, 6.45) is 0.556. The minimum absolute atomic E-state index is 0.0683. The molecule has 0 spiro atoms. The van der Waals surface area contributed by atoms with Crippen LogP contribution in [0.3, 0.4) is 0 Å². The maximum absolute atomic E-state index is 12.2. The van der Waals surface area contributed by atoms with Crippen molar-refractivity contribution in [3.8, 4) is 5.75 Å². The molecule has 0 aromatic heterocycles. The van der Waals surface area contributed by atoms with E-state index in [4.69, 9.17) is 0 Å². The van der Waals surface area contributed by atoms with Crippen LogP contribution in [0.1, 0.15) is 30.5 Å². The second-order valence-corrected chi connectivity index (χ2v) is 7.15. The van der Waals surface area contributed by atoms with Gasteiger partial charge in [0.2, 0.25) is 0 Å². The molecule has 2 aromatic rings. The fourth-order valence-electron chi connectivity index (χ4n) is 3.13. The Morgan fingerprint density at radius 1 is 1.13 bits per heavy atom. The third-order valence-electron chi connectivity index (χ3n) is 4.47. The number of phenolic OH excluding ortho intramolecular Hbond substituents is 1. The van der Waals surface area contributed by atoms with E-state index in [0.717, 1.165) is 23.1 Å². The van der Waals surface area contributed by atoms with Gasteiger partial charge in [-0.15, -0.1) is 0 Å². The van der Waals surface area contributed by atoms with Crippen LogP contribution in [0, 0.1) is 5.92 Å². The van der Waals surface area contributed by atoms with Crippen molar-refractivity contribution in [2.45, 2.75) is 25.9 Å². The standard InChI is InChI=1S/C19H20BrNO2/c1-13-11-21(12-14-2-8-17(22)9-3-14)18(10-19(13)23)15-4-6-16(20)7-5-15/h2-9,13,18,22H,10-12H2,1H3/t13-,18-/m0/s1. The van der Waals surface area contributed by atoms with Gasteiger partial charge in [-0.1, -0.05) is 47.1 Å². The van der Waals surface area contributed by atoms with Crippen LogP contribution in [0.4, 0.5) is 0 Å². The zero-order valence-corrected chi connectivity index (χ0v) is 14.7. The van der Waals surface area contributed by atoms with Crippen LogP contribution in [-0.2, 0) is 11.3 Å². The van der Waals surface area contributed by atoms with Crippen LogP contribution >= 0.6 is 15.9 Å². The number of ketones is 1. The number of Topliss-reactive ketones (excluding diaryl/α,β-unsaturated/α-hetero) is 1. The molecular weight excluding hydrogens is 354 g/mol. The number of phenols is 1. The van der Waals surface area contributed by atoms with E-state index in [9.17, 15) is 9.90 Å². The summed E-state index contributed by atoms with van der Waals surface area (Å²) in [6, 6.07) is 15.6. The molecule has 2 atom stereocenters. The number of halogens is 1. The highest BCUT2D eigenvalue weighted by atomic mass is 79.9. The molecule has 1 saturated heterocycles. The Morgan fingerprint density at radius 3 is 2.43 bits per heavy atom. The van der Waals surface area contributed by atoms with Gasteiger partial charge in [-0.05, 0) is 35.4 Å². The number of piperidine rings is 1. The van der Waals surface area contributed by atoms with Crippen molar-refractivity contribution in [2.24, 2.45) is 5.92 Å². The van der Waals surface area contributed by atoms with Crippen LogP contribution in [0.2, 0.25) is 0 Å². The number of hydrogen-bond donors (Lipinski definition) is 1. The van der Waals surface area contributed by atoms with Gasteiger partial charge in [-0.3, -0.25) is 9.69 Å². The van der Waals surface area contributed by atoms with Gasteiger partial charge in [0, 0.05) is 35.9 Å². The SMILES string of the molecule is C[C@H]1CN(Cc2ccc(O)cc2)[C@H](c2ccc(Br)cc2)CC1=O. The van der Waals surface area contributed by atoms with Crippen LogP contribution in [0.25, 0.3) is 0 Å². The largest absolute Gasteiger partial charge is 0.508 e. The van der Waals surface area contributed by atoms with Crippen molar-refractivity contribution in [3.05, 3.63) is 64.1 Å². The van der Waals surface area contributed by atoms with Crippen molar-refractivity contribution in [1.29, 1.82) is 0 Å². The van der Waals surface area contributed by atoms with Crippen molar-refractivity contribution in [3.63, 3.8) is 0 Å². The average molecular weight is 374 g/mol. The lowest BCUT2D eigenvalue weighted by Gasteiger charge is -2.38. The van der Waals surface area contributed by atoms with Gasteiger partial charge < -0.3 is 5.11 Å². The van der Waals surface area contributed by atoms with E-state index in [1.807, 2.05) is 31.2 Å². The Kier molecular flexibility index (Phi) is 4.83. The summed E-state index contributed by atoms with van der Waals surface area (Å²) in [7, 11) is 0. The molecule has 0 radical (unpaired) electrons. The van der Waals surface area contributed by atoms with Gasteiger partial charge in [0.1, 0.15) is 11.5 Å². The predicted octanol–water partition coefficient (Wildman–Crippen LogP) is 4.31. The highest BCUT2D eigenvalue weighted by Gasteiger charge is 2.32. The van der Waals surface area contributed by atoms with E-state index in [1.54, 1.807) is 12.1 Å². The molecule has 23 heavy (non-hydrogen) atoms. The molecule has 0 bridgehead atoms. The van der Waals surface area contributed by atoms with Crippen molar-refractivity contribution >= 4 is 21.7 Å². The summed E-state index contributed by atoms with van der Waals surface area (Å²) in [5.74, 6) is 0.680. The third-order valence-corrected chi connectivity index (χ3v) is 5.00. The first-order valence-electron chi connectivity index (χ1n) is 7.83. The highest BCUT2D eigenvalue weighted by molar-refractivity contribution is 9.10. The van der Waals surface area contributed by atoms with Crippen LogP contribution in [0.5, 0.6) is 5.75 Å². The van der Waals surface area contributed by atoms with Crippen LogP contribution < -0.4 is 0 Å². The maximum Gasteiger partial charge on any atom is 0.138 e. The quantitative estimate of drug-likeness (QED) is 0.871. The van der Waals surface area contributed by atoms with Crippen molar-refractivity contribution in [2.75, 3.05) is 6.54 Å². The molecule has 4 heteroatoms. The lowest BCUT2D eigenvalue weighted by atomic mass is 9.88. The van der Waals surface area contributed by atoms with Gasteiger partial charge in [0.25, 0.3) is 0 Å². The normalized spacial score (nSPS) is 22.3. The number of carbonyl (C=O) groups is 1. The monoisotopic (exact) mass is 373 g/mol. The molecule has 1 heterocycles. The molecule has 0 saturated carbocycles. The second-order valence-electron chi connectivity index (χ2n) is 6.23. The van der Waals surface area contributed by atoms with Crippen LogP contribution in [0.15, 0.2) is 53.0 Å². The number of likely N-dealkylation sites (tertiary alicyclic amines) is 1. The number of benzene rings is 2. The molecule has 3 nitrogen and oxygen atoms in total. The number of hydrogen-bond acceptors (Lipinski definition) is 3. The molecule has 1 fully saturated rings. The average Bonchev–Trinajstić information content (AvgIpc) is 2.54.